The van der Waals surface area contributed by atoms with Gasteiger partial charge in [0.1, 0.15) is 22.8 Å². The van der Waals surface area contributed by atoms with Crippen molar-refractivity contribution in [2.24, 2.45) is 0 Å². The van der Waals surface area contributed by atoms with Crippen molar-refractivity contribution in [3.05, 3.63) is 76.5 Å². The quantitative estimate of drug-likeness (QED) is 0.428. The molecule has 0 aromatic heterocycles. The number of Topliss-reactive ketones (excluding diaryl/α,β-unsaturated/α-hetero) is 2. The lowest BCUT2D eigenvalue weighted by molar-refractivity contribution is -0.155. The van der Waals surface area contributed by atoms with Crippen LogP contribution >= 0.6 is 0 Å². The maximum Gasteiger partial charge on any atom is 0.419 e. The Bertz CT molecular complexity index is 1160. The number of para-hydroxylation sites is 1. The van der Waals surface area contributed by atoms with Gasteiger partial charge in [-0.1, -0.05) is 36.4 Å². The molecule has 176 valence electrons. The molecule has 0 bridgehead atoms. The van der Waals surface area contributed by atoms with Gasteiger partial charge in [0, 0.05) is 16.7 Å². The lowest BCUT2D eigenvalue weighted by Gasteiger charge is -2.27. The number of carbonyl (C=O) groups is 4. The zero-order valence-corrected chi connectivity index (χ0v) is 20.1. The SMILES string of the molecule is CC(C)(C)OC(=O)C1/C(=C2\C(=O)c3ccccc3N2C(=O)OC(C)(C)C)C(=O)c2ccccc21. The van der Waals surface area contributed by atoms with Crippen LogP contribution < -0.4 is 4.90 Å². The highest BCUT2D eigenvalue weighted by molar-refractivity contribution is 6.31. The first kappa shape index (κ1) is 23.4. The van der Waals surface area contributed by atoms with E-state index in [4.69, 9.17) is 9.47 Å². The van der Waals surface area contributed by atoms with Crippen molar-refractivity contribution >= 4 is 29.3 Å². The summed E-state index contributed by atoms with van der Waals surface area (Å²) in [6.45, 7) is 10.3. The summed E-state index contributed by atoms with van der Waals surface area (Å²) in [5.41, 5.74) is -0.624. The lowest BCUT2D eigenvalue weighted by atomic mass is 9.94. The monoisotopic (exact) mass is 461 g/mol. The molecule has 1 aliphatic heterocycles. The number of allylic oxidation sites excluding steroid dienone is 1. The molecule has 0 radical (unpaired) electrons. The van der Waals surface area contributed by atoms with E-state index < -0.39 is 40.7 Å². The minimum Gasteiger partial charge on any atom is -0.459 e. The molecule has 34 heavy (non-hydrogen) atoms. The van der Waals surface area contributed by atoms with Crippen molar-refractivity contribution in [1.29, 1.82) is 0 Å². The number of ether oxygens (including phenoxy) is 2. The molecule has 0 spiro atoms. The van der Waals surface area contributed by atoms with Gasteiger partial charge < -0.3 is 9.47 Å². The molecule has 1 amide bonds. The molecule has 1 heterocycles. The highest BCUT2D eigenvalue weighted by atomic mass is 16.6. The number of carbonyl (C=O) groups excluding carboxylic acids is 4. The Labute approximate surface area is 198 Å². The van der Waals surface area contributed by atoms with E-state index >= 15 is 0 Å². The number of ketones is 2. The van der Waals surface area contributed by atoms with Gasteiger partial charge in [0.05, 0.1) is 5.69 Å². The van der Waals surface area contributed by atoms with Crippen LogP contribution in [0.4, 0.5) is 10.5 Å². The second-order valence-electron chi connectivity index (χ2n) is 10.3. The van der Waals surface area contributed by atoms with Crippen LogP contribution in [-0.4, -0.2) is 34.8 Å². The van der Waals surface area contributed by atoms with E-state index in [0.717, 1.165) is 4.90 Å². The van der Waals surface area contributed by atoms with Crippen LogP contribution in [0.3, 0.4) is 0 Å². The van der Waals surface area contributed by atoms with Gasteiger partial charge in [-0.15, -0.1) is 0 Å². The molecule has 7 nitrogen and oxygen atoms in total. The Kier molecular flexibility index (Phi) is 5.47. The van der Waals surface area contributed by atoms with Crippen molar-refractivity contribution in [1.82, 2.24) is 0 Å². The van der Waals surface area contributed by atoms with E-state index in [-0.39, 0.29) is 16.8 Å². The molecule has 7 heteroatoms. The lowest BCUT2D eigenvalue weighted by Crippen LogP contribution is -2.37. The third-order valence-corrected chi connectivity index (χ3v) is 5.35. The normalized spacial score (nSPS) is 19.7. The summed E-state index contributed by atoms with van der Waals surface area (Å²) in [4.78, 5) is 55.0. The van der Waals surface area contributed by atoms with Crippen LogP contribution in [0.2, 0.25) is 0 Å². The largest absolute Gasteiger partial charge is 0.459 e. The minimum atomic E-state index is -1.15. The number of fused-ring (bicyclic) bond motifs is 2. The first-order valence-electron chi connectivity index (χ1n) is 11.1. The predicted molar refractivity (Wildman–Crippen MR) is 126 cm³/mol. The van der Waals surface area contributed by atoms with Crippen molar-refractivity contribution < 1.29 is 28.7 Å². The van der Waals surface area contributed by atoms with Crippen molar-refractivity contribution in [3.8, 4) is 0 Å². The number of rotatable bonds is 1. The third kappa shape index (κ3) is 4.02. The van der Waals surface area contributed by atoms with Gasteiger partial charge in [-0.2, -0.15) is 0 Å². The van der Waals surface area contributed by atoms with Gasteiger partial charge in [-0.25, -0.2) is 9.69 Å². The maximum atomic E-state index is 13.6. The van der Waals surface area contributed by atoms with Gasteiger partial charge in [-0.05, 0) is 59.2 Å². The second-order valence-corrected chi connectivity index (χ2v) is 10.3. The Balaban J connectivity index is 1.97. The zero-order chi connectivity index (χ0) is 25.0. The summed E-state index contributed by atoms with van der Waals surface area (Å²) in [6, 6.07) is 13.2. The van der Waals surface area contributed by atoms with Crippen LogP contribution in [0, 0.1) is 0 Å². The molecule has 1 aliphatic carbocycles. The Hall–Kier alpha value is -3.74. The topological polar surface area (TPSA) is 90.0 Å². The first-order valence-corrected chi connectivity index (χ1v) is 11.1. The Morgan fingerprint density at radius 3 is 1.94 bits per heavy atom. The number of anilines is 1. The summed E-state index contributed by atoms with van der Waals surface area (Å²) >= 11 is 0. The highest BCUT2D eigenvalue weighted by Crippen LogP contribution is 2.46. The molecule has 0 saturated heterocycles. The molecule has 1 unspecified atom stereocenters. The van der Waals surface area contributed by atoms with Gasteiger partial charge >= 0.3 is 12.1 Å². The molecule has 2 aliphatic rings. The number of hydrogen-bond acceptors (Lipinski definition) is 6. The summed E-state index contributed by atoms with van der Waals surface area (Å²) in [5.74, 6) is -2.83. The van der Waals surface area contributed by atoms with E-state index in [0.29, 0.717) is 16.8 Å². The van der Waals surface area contributed by atoms with Gasteiger partial charge in [0.25, 0.3) is 0 Å². The Morgan fingerprint density at radius 2 is 1.32 bits per heavy atom. The average Bonchev–Trinajstić information content (AvgIpc) is 3.17. The van der Waals surface area contributed by atoms with Crippen molar-refractivity contribution in [2.45, 2.75) is 58.7 Å². The van der Waals surface area contributed by atoms with E-state index in [1.807, 2.05) is 0 Å². The van der Waals surface area contributed by atoms with Crippen LogP contribution in [0.25, 0.3) is 0 Å². The molecule has 2 aromatic carbocycles. The number of esters is 1. The third-order valence-electron chi connectivity index (χ3n) is 5.35. The van der Waals surface area contributed by atoms with E-state index in [1.54, 1.807) is 90.1 Å². The molecular weight excluding hydrogens is 434 g/mol. The number of hydrogen-bond donors (Lipinski definition) is 0. The van der Waals surface area contributed by atoms with Crippen LogP contribution in [-0.2, 0) is 14.3 Å². The zero-order valence-electron chi connectivity index (χ0n) is 20.1. The summed E-state index contributed by atoms with van der Waals surface area (Å²) in [7, 11) is 0. The van der Waals surface area contributed by atoms with Gasteiger partial charge in [0.2, 0.25) is 5.78 Å². The van der Waals surface area contributed by atoms with Crippen molar-refractivity contribution in [2.75, 3.05) is 4.90 Å². The average molecular weight is 462 g/mol. The van der Waals surface area contributed by atoms with E-state index in [2.05, 4.69) is 0 Å². The summed E-state index contributed by atoms with van der Waals surface area (Å²) in [5, 5.41) is 0. The van der Waals surface area contributed by atoms with Gasteiger partial charge in [-0.3, -0.25) is 14.4 Å². The standard InChI is InChI=1S/C27H27NO6/c1-26(2,3)33-24(31)19-15-11-7-8-12-16(15)22(29)20(19)21-23(30)17-13-9-10-14-18(17)28(21)25(32)34-27(4,5)6/h7-14,19H,1-6H3/b21-20-. The summed E-state index contributed by atoms with van der Waals surface area (Å²) < 4.78 is 11.2. The molecule has 4 rings (SSSR count). The number of amides is 1. The number of benzene rings is 2. The van der Waals surface area contributed by atoms with Gasteiger partial charge in [0.15, 0.2) is 5.78 Å². The molecular formula is C27H27NO6. The number of nitrogens with zero attached hydrogens (tertiary/aromatic N) is 1. The molecule has 0 saturated carbocycles. The van der Waals surface area contributed by atoms with E-state index in [1.165, 1.54) is 0 Å². The van der Waals surface area contributed by atoms with E-state index in [9.17, 15) is 19.2 Å². The van der Waals surface area contributed by atoms with Crippen LogP contribution in [0.1, 0.15) is 73.7 Å². The molecule has 2 aromatic rings. The molecule has 1 atom stereocenters. The first-order chi connectivity index (χ1) is 15.8. The fourth-order valence-corrected chi connectivity index (χ4v) is 4.19. The fourth-order valence-electron chi connectivity index (χ4n) is 4.19. The molecule has 0 N–H and O–H groups in total. The predicted octanol–water partition coefficient (Wildman–Crippen LogP) is 5.20. The van der Waals surface area contributed by atoms with Crippen LogP contribution in [0.5, 0.6) is 0 Å². The highest BCUT2D eigenvalue weighted by Gasteiger charge is 2.49. The maximum absolute atomic E-state index is 13.6. The minimum absolute atomic E-state index is 0.0810. The van der Waals surface area contributed by atoms with Crippen molar-refractivity contribution in [3.63, 3.8) is 0 Å². The van der Waals surface area contributed by atoms with Crippen LogP contribution in [0.15, 0.2) is 59.8 Å². The Morgan fingerprint density at radius 1 is 0.765 bits per heavy atom. The fraction of sp³-hybridized carbons (Fsp3) is 0.333. The smallest absolute Gasteiger partial charge is 0.419 e. The summed E-state index contributed by atoms with van der Waals surface area (Å²) in [6.07, 6.45) is -0.806. The molecule has 0 fully saturated rings. The second kappa shape index (κ2) is 7.94.